The van der Waals surface area contributed by atoms with Crippen LogP contribution in [0.3, 0.4) is 0 Å². The number of rotatable bonds is 5. The zero-order chi connectivity index (χ0) is 26.6. The monoisotopic (exact) mass is 499 g/mol. The highest BCUT2D eigenvalue weighted by atomic mass is 14.9. The molecule has 192 valence electrons. The SMILES string of the molecule is C/C=C(\NC1=C(C)CCc2cc(-c3ccc4c(c3)c3ccccc3c3nc(C(C)C)[nH]c43)ccc21)C(C)C. The number of aromatic amines is 1. The van der Waals surface area contributed by atoms with Gasteiger partial charge in [0.25, 0.3) is 0 Å². The number of nitrogens with zero attached hydrogens (tertiary/aromatic N) is 1. The molecule has 0 fully saturated rings. The summed E-state index contributed by atoms with van der Waals surface area (Å²) in [6.45, 7) is 13.3. The van der Waals surface area contributed by atoms with Gasteiger partial charge >= 0.3 is 0 Å². The van der Waals surface area contributed by atoms with Crippen LogP contribution in [0.25, 0.3) is 49.4 Å². The maximum atomic E-state index is 5.00. The molecule has 2 N–H and O–H groups in total. The van der Waals surface area contributed by atoms with Crippen LogP contribution in [0.2, 0.25) is 0 Å². The Hall–Kier alpha value is -3.85. The Morgan fingerprint density at radius 2 is 1.61 bits per heavy atom. The average Bonchev–Trinajstić information content (AvgIpc) is 3.38. The molecular formula is C35H37N3. The van der Waals surface area contributed by atoms with Crippen molar-refractivity contribution in [2.75, 3.05) is 0 Å². The van der Waals surface area contributed by atoms with Gasteiger partial charge in [0.05, 0.1) is 11.0 Å². The van der Waals surface area contributed by atoms with Crippen LogP contribution >= 0.6 is 0 Å². The molecule has 0 amide bonds. The van der Waals surface area contributed by atoms with E-state index in [1.54, 1.807) is 0 Å². The Morgan fingerprint density at radius 1 is 0.868 bits per heavy atom. The number of fused-ring (bicyclic) bond motifs is 7. The Bertz CT molecular complexity index is 1760. The lowest BCUT2D eigenvalue weighted by Gasteiger charge is -2.26. The summed E-state index contributed by atoms with van der Waals surface area (Å²) in [4.78, 5) is 8.64. The van der Waals surface area contributed by atoms with Crippen LogP contribution in [-0.4, -0.2) is 9.97 Å². The van der Waals surface area contributed by atoms with Crippen molar-refractivity contribution in [3.05, 3.63) is 95.0 Å². The summed E-state index contributed by atoms with van der Waals surface area (Å²) in [6.07, 6.45) is 4.37. The van der Waals surface area contributed by atoms with Crippen LogP contribution in [0.5, 0.6) is 0 Å². The summed E-state index contributed by atoms with van der Waals surface area (Å²) >= 11 is 0. The van der Waals surface area contributed by atoms with E-state index in [-0.39, 0.29) is 0 Å². The largest absolute Gasteiger partial charge is 0.359 e. The van der Waals surface area contributed by atoms with E-state index in [9.17, 15) is 0 Å². The molecule has 0 atom stereocenters. The van der Waals surface area contributed by atoms with Gasteiger partial charge in [-0.2, -0.15) is 0 Å². The van der Waals surface area contributed by atoms with Gasteiger partial charge in [0.2, 0.25) is 0 Å². The first-order chi connectivity index (χ1) is 18.4. The molecule has 0 bridgehead atoms. The van der Waals surface area contributed by atoms with Crippen molar-refractivity contribution in [1.82, 2.24) is 15.3 Å². The third kappa shape index (κ3) is 4.01. The quantitative estimate of drug-likeness (QED) is 0.236. The number of benzene rings is 4. The predicted molar refractivity (Wildman–Crippen MR) is 163 cm³/mol. The molecule has 38 heavy (non-hydrogen) atoms. The molecule has 0 saturated carbocycles. The van der Waals surface area contributed by atoms with Crippen molar-refractivity contribution in [3.8, 4) is 11.1 Å². The first-order valence-electron chi connectivity index (χ1n) is 14.0. The van der Waals surface area contributed by atoms with Gasteiger partial charge in [-0.15, -0.1) is 0 Å². The zero-order valence-corrected chi connectivity index (χ0v) is 23.4. The van der Waals surface area contributed by atoms with Crippen LogP contribution in [0.4, 0.5) is 0 Å². The molecule has 1 aromatic heterocycles. The molecule has 0 aliphatic heterocycles. The van der Waals surface area contributed by atoms with Crippen LogP contribution < -0.4 is 5.32 Å². The molecule has 0 unspecified atom stereocenters. The van der Waals surface area contributed by atoms with E-state index in [1.807, 2.05) is 0 Å². The lowest BCUT2D eigenvalue weighted by Crippen LogP contribution is -2.20. The Morgan fingerprint density at radius 3 is 2.34 bits per heavy atom. The molecule has 5 aromatic rings. The number of aryl methyl sites for hydroxylation is 1. The first kappa shape index (κ1) is 24.5. The van der Waals surface area contributed by atoms with E-state index >= 15 is 0 Å². The molecule has 0 radical (unpaired) electrons. The summed E-state index contributed by atoms with van der Waals surface area (Å²) in [5, 5.41) is 8.75. The van der Waals surface area contributed by atoms with E-state index in [4.69, 9.17) is 4.98 Å². The number of nitrogens with one attached hydrogen (secondary N) is 2. The number of allylic oxidation sites excluding steroid dienone is 3. The Kier molecular flexibility index (Phi) is 6.10. The summed E-state index contributed by atoms with van der Waals surface area (Å²) in [5.41, 5.74) is 11.5. The van der Waals surface area contributed by atoms with Crippen LogP contribution in [0.15, 0.2) is 78.0 Å². The fraction of sp³-hybridized carbons (Fsp3) is 0.286. The van der Waals surface area contributed by atoms with Crippen molar-refractivity contribution in [2.45, 2.75) is 60.3 Å². The number of hydrogen-bond donors (Lipinski definition) is 2. The minimum absolute atomic E-state index is 0.354. The highest BCUT2D eigenvalue weighted by molar-refractivity contribution is 6.23. The summed E-state index contributed by atoms with van der Waals surface area (Å²) in [5.74, 6) is 1.87. The van der Waals surface area contributed by atoms with Crippen LogP contribution in [0.1, 0.15) is 70.8 Å². The molecule has 6 rings (SSSR count). The molecule has 1 aliphatic rings. The highest BCUT2D eigenvalue weighted by Gasteiger charge is 2.20. The topological polar surface area (TPSA) is 40.7 Å². The van der Waals surface area contributed by atoms with Crippen molar-refractivity contribution in [1.29, 1.82) is 0 Å². The van der Waals surface area contributed by atoms with Gasteiger partial charge in [0, 0.05) is 33.6 Å². The van der Waals surface area contributed by atoms with Crippen molar-refractivity contribution in [2.24, 2.45) is 5.92 Å². The lowest BCUT2D eigenvalue weighted by atomic mass is 9.87. The fourth-order valence-electron chi connectivity index (χ4n) is 5.91. The molecule has 0 saturated heterocycles. The number of aromatic nitrogens is 2. The van der Waals surface area contributed by atoms with Gasteiger partial charge in [-0.05, 0) is 71.7 Å². The van der Waals surface area contributed by atoms with E-state index in [2.05, 4.69) is 119 Å². The minimum atomic E-state index is 0.354. The highest BCUT2D eigenvalue weighted by Crippen LogP contribution is 2.38. The van der Waals surface area contributed by atoms with Gasteiger partial charge in [-0.1, -0.05) is 88.4 Å². The molecule has 0 spiro atoms. The van der Waals surface area contributed by atoms with Gasteiger partial charge in [0.15, 0.2) is 0 Å². The molecule has 1 aliphatic carbocycles. The smallest absolute Gasteiger partial charge is 0.109 e. The van der Waals surface area contributed by atoms with E-state index in [0.29, 0.717) is 11.8 Å². The molecule has 3 nitrogen and oxygen atoms in total. The number of H-pyrrole nitrogens is 1. The van der Waals surface area contributed by atoms with Gasteiger partial charge in [0.1, 0.15) is 5.82 Å². The summed E-state index contributed by atoms with van der Waals surface area (Å²) in [7, 11) is 0. The van der Waals surface area contributed by atoms with Gasteiger partial charge in [-0.25, -0.2) is 4.98 Å². The molecule has 1 heterocycles. The third-order valence-electron chi connectivity index (χ3n) is 8.14. The van der Waals surface area contributed by atoms with Gasteiger partial charge < -0.3 is 10.3 Å². The predicted octanol–water partition coefficient (Wildman–Crippen LogP) is 9.49. The minimum Gasteiger partial charge on any atom is -0.359 e. The summed E-state index contributed by atoms with van der Waals surface area (Å²) < 4.78 is 0. The number of imidazole rings is 1. The van der Waals surface area contributed by atoms with Crippen molar-refractivity contribution in [3.63, 3.8) is 0 Å². The maximum absolute atomic E-state index is 5.00. The molecular weight excluding hydrogens is 462 g/mol. The van der Waals surface area contributed by atoms with E-state index in [1.165, 1.54) is 60.8 Å². The Balaban J connectivity index is 1.48. The zero-order valence-electron chi connectivity index (χ0n) is 23.4. The molecule has 3 heteroatoms. The normalized spacial score (nSPS) is 14.4. The lowest BCUT2D eigenvalue weighted by molar-refractivity contribution is 0.712. The van der Waals surface area contributed by atoms with Crippen molar-refractivity contribution >= 4 is 38.3 Å². The fourth-order valence-corrected chi connectivity index (χ4v) is 5.91. The van der Waals surface area contributed by atoms with Gasteiger partial charge in [-0.3, -0.25) is 0 Å². The second-order valence-corrected chi connectivity index (χ2v) is 11.4. The third-order valence-corrected chi connectivity index (χ3v) is 8.14. The van der Waals surface area contributed by atoms with Crippen LogP contribution in [-0.2, 0) is 6.42 Å². The maximum Gasteiger partial charge on any atom is 0.109 e. The van der Waals surface area contributed by atoms with E-state index in [0.717, 1.165) is 29.7 Å². The van der Waals surface area contributed by atoms with E-state index < -0.39 is 0 Å². The second kappa shape index (κ2) is 9.47. The standard InChI is InChI=1S/C35H37N3/c1-7-31(20(2)3)36-32-22(6)12-13-25-18-23(14-16-26(25)32)24-15-17-29-30(19-24)27-10-8-9-11-28(27)33-34(29)38-35(37-33)21(4)5/h7-11,14-21,36H,12-13H2,1-6H3,(H,37,38)/b31-7-. The average molecular weight is 500 g/mol. The number of hydrogen-bond acceptors (Lipinski definition) is 2. The Labute approximate surface area is 225 Å². The summed E-state index contributed by atoms with van der Waals surface area (Å²) in [6, 6.07) is 22.6. The van der Waals surface area contributed by atoms with Crippen LogP contribution in [0, 0.1) is 5.92 Å². The molecule has 4 aromatic carbocycles. The first-order valence-corrected chi connectivity index (χ1v) is 14.0. The second-order valence-electron chi connectivity index (χ2n) is 11.4. The van der Waals surface area contributed by atoms with Crippen molar-refractivity contribution < 1.29 is 0 Å².